The van der Waals surface area contributed by atoms with Crippen LogP contribution >= 0.6 is 21.6 Å². The minimum Gasteiger partial charge on any atom is -0.465 e. The third-order valence-corrected chi connectivity index (χ3v) is 12.9. The lowest BCUT2D eigenvalue weighted by atomic mass is 9.91. The van der Waals surface area contributed by atoms with E-state index in [4.69, 9.17) is 23.6 Å². The molecule has 17 nitrogen and oxygen atoms in total. The summed E-state index contributed by atoms with van der Waals surface area (Å²) >= 11 is 0. The van der Waals surface area contributed by atoms with E-state index in [-0.39, 0.29) is 50.3 Å². The molecule has 0 spiro atoms. The lowest BCUT2D eigenvalue weighted by molar-refractivity contribution is -0.227. The van der Waals surface area contributed by atoms with Crippen LogP contribution in [0.25, 0.3) is 11.0 Å². The highest BCUT2D eigenvalue weighted by atomic mass is 33.1. The number of rotatable bonds is 21. The molecule has 1 aromatic heterocycles. The number of hydrogen-bond donors (Lipinski definition) is 3. The highest BCUT2D eigenvalue weighted by Gasteiger charge is 2.42. The van der Waals surface area contributed by atoms with Crippen molar-refractivity contribution in [3.05, 3.63) is 34.4 Å². The molecule has 1 saturated heterocycles. The Morgan fingerprint density at radius 3 is 2.36 bits per heavy atom. The van der Waals surface area contributed by atoms with Crippen LogP contribution in [-0.2, 0) is 38.1 Å². The van der Waals surface area contributed by atoms with Gasteiger partial charge in [-0.3, -0.25) is 24.0 Å². The molecule has 5 atom stereocenters. The molecule has 19 heteroatoms. The monoisotopic (exact) mass is 852 g/mol. The summed E-state index contributed by atoms with van der Waals surface area (Å²) in [4.78, 5) is 66.7. The molecule has 2 aliphatic rings. The normalized spacial score (nSPS) is 23.8. The maximum Gasteiger partial charge on any atom is 0.326 e. The molecule has 1 aromatic carbocycles. The van der Waals surface area contributed by atoms with Crippen molar-refractivity contribution in [3.8, 4) is 0 Å². The summed E-state index contributed by atoms with van der Waals surface area (Å²) in [5.74, 6) is -0.465. The van der Waals surface area contributed by atoms with Crippen molar-refractivity contribution in [1.82, 2.24) is 20.1 Å². The smallest absolute Gasteiger partial charge is 0.326 e. The van der Waals surface area contributed by atoms with Gasteiger partial charge in [-0.15, -0.1) is 0 Å². The number of aliphatic hydroxyl groups is 3. The molecule has 1 aliphatic carbocycles. The Bertz CT molecular complexity index is 1720. The summed E-state index contributed by atoms with van der Waals surface area (Å²) < 4.78 is 26.6. The van der Waals surface area contributed by atoms with Crippen LogP contribution < -0.4 is 0 Å². The lowest BCUT2D eigenvalue weighted by Gasteiger charge is -2.39. The highest BCUT2D eigenvalue weighted by Crippen LogP contribution is 2.36. The first-order valence-corrected chi connectivity index (χ1v) is 21.9. The van der Waals surface area contributed by atoms with Crippen LogP contribution in [0.4, 0.5) is 0 Å². The lowest BCUT2D eigenvalue weighted by Crippen LogP contribution is -2.58. The van der Waals surface area contributed by atoms with E-state index in [0.717, 1.165) is 17.1 Å². The third kappa shape index (κ3) is 13.9. The first-order valence-electron chi connectivity index (χ1n) is 19.6. The molecule has 0 radical (unpaired) electrons. The number of fused-ring (bicyclic) bond motifs is 1. The summed E-state index contributed by atoms with van der Waals surface area (Å²) in [7, 11) is 4.78. The molecule has 0 bridgehead atoms. The zero-order valence-electron chi connectivity index (χ0n) is 33.7. The van der Waals surface area contributed by atoms with E-state index >= 15 is 0 Å². The average Bonchev–Trinajstić information content (AvgIpc) is 3.68. The van der Waals surface area contributed by atoms with Crippen molar-refractivity contribution >= 4 is 62.8 Å². The Hall–Kier alpha value is -3.75. The summed E-state index contributed by atoms with van der Waals surface area (Å²) in [6, 6.07) is 5.03. The minimum absolute atomic E-state index is 0.00202. The number of carbonyl (C=O) groups excluding carboxylic acids is 5. The molecule has 2 heterocycles. The second kappa shape index (κ2) is 23.1. The highest BCUT2D eigenvalue weighted by molar-refractivity contribution is 8.78. The quantitative estimate of drug-likeness (QED) is 0.0534. The average molecular weight is 853 g/mol. The number of esters is 3. The Balaban J connectivity index is 1.17. The number of hydrogen-bond acceptors (Lipinski definition) is 17. The van der Waals surface area contributed by atoms with Gasteiger partial charge in [0.25, 0.3) is 5.91 Å². The molecular formula is C39H56N4O13S2. The Morgan fingerprint density at radius 2 is 1.66 bits per heavy atom. The number of aromatic nitrogens is 2. The standard InChI is InChI=1S/C39H56N4O13S2/c1-23(2)16-18-57-58-32(24(3)43(22-44)20-35(47)53-21-31-37(49)38(50)36(48)25(4)54-31)15-17-52-33(45)7-6-8-34(46)55-28-12-10-27(11-13-28)42(5)39(51)26-9-14-29-30(19-26)41-56-40-29/h9,14,19,22-23,25,27-28,31,36-38,48-50H,6-8,10-13,15-18,20-21H2,1-5H3/b32-24-/t25?,27-,28-,31?,36?,37?,38?. The number of aliphatic hydroxyl groups excluding tert-OH is 3. The van der Waals surface area contributed by atoms with E-state index in [0.29, 0.717) is 60.3 Å². The maximum atomic E-state index is 13.1. The molecule has 2 aromatic rings. The Morgan fingerprint density at radius 1 is 0.948 bits per heavy atom. The van der Waals surface area contributed by atoms with Gasteiger partial charge in [-0.2, -0.15) is 0 Å². The third-order valence-electron chi connectivity index (χ3n) is 10.2. The predicted octanol–water partition coefficient (Wildman–Crippen LogP) is 3.78. The first-order chi connectivity index (χ1) is 27.7. The largest absolute Gasteiger partial charge is 0.465 e. The zero-order valence-corrected chi connectivity index (χ0v) is 35.3. The molecule has 1 aliphatic heterocycles. The maximum absolute atomic E-state index is 13.1. The van der Waals surface area contributed by atoms with E-state index in [1.165, 1.54) is 22.6 Å². The number of allylic oxidation sites excluding steroid dienone is 1. The van der Waals surface area contributed by atoms with Gasteiger partial charge in [-0.25, -0.2) is 4.63 Å². The minimum atomic E-state index is -1.47. The second-order valence-electron chi connectivity index (χ2n) is 15.0. The number of benzene rings is 1. The zero-order chi connectivity index (χ0) is 42.4. The fourth-order valence-corrected chi connectivity index (χ4v) is 9.27. The topological polar surface area (TPSA) is 228 Å². The van der Waals surface area contributed by atoms with Crippen molar-refractivity contribution in [1.29, 1.82) is 0 Å². The van der Waals surface area contributed by atoms with E-state index < -0.39 is 61.6 Å². The molecule has 4 rings (SSSR count). The fraction of sp³-hybridized carbons (Fsp3) is 0.667. The van der Waals surface area contributed by atoms with Crippen LogP contribution in [0.1, 0.15) is 95.8 Å². The number of carbonyl (C=O) groups is 5. The second-order valence-corrected chi connectivity index (χ2v) is 17.5. The number of nitrogens with zero attached hydrogens (tertiary/aromatic N) is 4. The van der Waals surface area contributed by atoms with Crippen molar-refractivity contribution in [3.63, 3.8) is 0 Å². The van der Waals surface area contributed by atoms with Gasteiger partial charge < -0.3 is 44.1 Å². The van der Waals surface area contributed by atoms with E-state index in [1.807, 2.05) is 0 Å². The predicted molar refractivity (Wildman–Crippen MR) is 214 cm³/mol. The Kier molecular flexibility index (Phi) is 18.7. The van der Waals surface area contributed by atoms with Gasteiger partial charge in [0.15, 0.2) is 0 Å². The van der Waals surface area contributed by atoms with Gasteiger partial charge in [-0.1, -0.05) is 35.4 Å². The van der Waals surface area contributed by atoms with Gasteiger partial charge >= 0.3 is 17.9 Å². The molecule has 2 fully saturated rings. The first kappa shape index (κ1) is 46.9. The Labute approximate surface area is 345 Å². The molecule has 2 amide bonds. The van der Waals surface area contributed by atoms with Crippen molar-refractivity contribution < 1.29 is 62.9 Å². The summed E-state index contributed by atoms with van der Waals surface area (Å²) in [6.45, 7) is 6.62. The summed E-state index contributed by atoms with van der Waals surface area (Å²) in [5.41, 5.74) is 2.05. The van der Waals surface area contributed by atoms with Crippen LogP contribution in [0.15, 0.2) is 33.4 Å². The van der Waals surface area contributed by atoms with Gasteiger partial charge in [-0.05, 0) is 86.8 Å². The van der Waals surface area contributed by atoms with Gasteiger partial charge in [0.05, 0.1) is 12.7 Å². The van der Waals surface area contributed by atoms with Crippen molar-refractivity contribution in [2.75, 3.05) is 32.6 Å². The molecule has 1 saturated carbocycles. The number of ether oxygens (including phenoxy) is 4. The number of amides is 2. The van der Waals surface area contributed by atoms with Crippen LogP contribution in [0.3, 0.4) is 0 Å². The van der Waals surface area contributed by atoms with Crippen LogP contribution in [0, 0.1) is 5.92 Å². The van der Waals surface area contributed by atoms with Crippen molar-refractivity contribution in [2.24, 2.45) is 5.92 Å². The SMILES string of the molecule is C/C(=C(\CCOC(=O)CCCC(=O)O[C@H]1CC[C@H](N(C)C(=O)c2ccc3nonc3c2)CC1)SSCCC(C)C)N(C=O)CC(=O)OCC1OC(C)C(O)C(O)C1O. The molecule has 5 unspecified atom stereocenters. The summed E-state index contributed by atoms with van der Waals surface area (Å²) in [6.07, 6.45) is -1.70. The van der Waals surface area contributed by atoms with Crippen LogP contribution in [-0.4, -0.2) is 141 Å². The van der Waals surface area contributed by atoms with Crippen LogP contribution in [0.2, 0.25) is 0 Å². The van der Waals surface area contributed by atoms with Gasteiger partial charge in [0.1, 0.15) is 54.7 Å². The van der Waals surface area contributed by atoms with E-state index in [1.54, 1.807) is 47.9 Å². The molecule has 3 N–H and O–H groups in total. The van der Waals surface area contributed by atoms with Gasteiger partial charge in [0.2, 0.25) is 6.41 Å². The molecule has 58 heavy (non-hydrogen) atoms. The van der Waals surface area contributed by atoms with E-state index in [2.05, 4.69) is 24.2 Å². The van der Waals surface area contributed by atoms with Crippen LogP contribution in [0.5, 0.6) is 0 Å². The summed E-state index contributed by atoms with van der Waals surface area (Å²) in [5, 5.41) is 37.7. The molecular weight excluding hydrogens is 797 g/mol. The van der Waals surface area contributed by atoms with E-state index in [9.17, 15) is 39.3 Å². The fourth-order valence-electron chi connectivity index (χ4n) is 6.50. The van der Waals surface area contributed by atoms with Crippen molar-refractivity contribution in [2.45, 2.75) is 128 Å². The van der Waals surface area contributed by atoms with Gasteiger partial charge in [0, 0.05) is 54.3 Å². The molecule has 322 valence electrons.